The fourth-order valence-corrected chi connectivity index (χ4v) is 7.69. The summed E-state index contributed by atoms with van der Waals surface area (Å²) in [6, 6.07) is 7.97. The number of aromatic nitrogens is 1. The number of carbonyl (C=O) groups is 5. The Balaban J connectivity index is 1.49. The first-order valence-corrected chi connectivity index (χ1v) is 19.1. The molecule has 6 atom stereocenters. The Morgan fingerprint density at radius 2 is 1.71 bits per heavy atom. The van der Waals surface area contributed by atoms with E-state index >= 15 is 0 Å². The molecule has 2 aliphatic rings. The number of ether oxygens (including phenoxy) is 2. The lowest BCUT2D eigenvalue weighted by Gasteiger charge is -2.38. The van der Waals surface area contributed by atoms with E-state index in [1.807, 2.05) is 63.2 Å². The molecule has 0 unspecified atom stereocenters. The van der Waals surface area contributed by atoms with Gasteiger partial charge < -0.3 is 29.9 Å². The first-order valence-electron chi connectivity index (χ1n) is 18.2. The van der Waals surface area contributed by atoms with Crippen molar-refractivity contribution in [3.63, 3.8) is 0 Å². The molecule has 0 spiro atoms. The average molecular weight is 741 g/mol. The van der Waals surface area contributed by atoms with E-state index in [1.54, 1.807) is 24.3 Å². The highest BCUT2D eigenvalue weighted by atomic mass is 32.1. The van der Waals surface area contributed by atoms with E-state index in [4.69, 9.17) is 9.47 Å². The summed E-state index contributed by atoms with van der Waals surface area (Å²) in [5.74, 6) is -1.98. The van der Waals surface area contributed by atoms with Gasteiger partial charge in [-0.2, -0.15) is 0 Å². The number of carbonyl (C=O) groups excluding carboxylic acids is 5. The molecule has 1 aliphatic carbocycles. The molecule has 2 N–H and O–H groups in total. The van der Waals surface area contributed by atoms with Crippen molar-refractivity contribution in [2.24, 2.45) is 17.8 Å². The first-order chi connectivity index (χ1) is 24.7. The molecular weight excluding hydrogens is 685 g/mol. The quantitative estimate of drug-likeness (QED) is 0.232. The van der Waals surface area contributed by atoms with E-state index in [1.165, 1.54) is 25.4 Å². The van der Waals surface area contributed by atoms with Crippen molar-refractivity contribution in [3.05, 3.63) is 52.0 Å². The Morgan fingerprint density at radius 3 is 2.33 bits per heavy atom. The SMILES string of the molecule is COC(=O)[C@@H](C)C[C@H](Cc1ccccc1)NC(=O)c1csc([C@@H](C[C@H](C(C)C)N(C)C(=O)[C@@H](NC(=O)[C@H]2CN(C)CCN2C)C2CC2)OC(C)=O)n1. The second-order valence-electron chi connectivity index (χ2n) is 14.8. The van der Waals surface area contributed by atoms with Crippen molar-refractivity contribution in [2.45, 2.75) is 90.1 Å². The number of thiazole rings is 1. The van der Waals surface area contributed by atoms with Crippen molar-refractivity contribution >= 4 is 41.0 Å². The van der Waals surface area contributed by atoms with Gasteiger partial charge in [0, 0.05) is 57.5 Å². The molecular formula is C38H56N6O7S. The molecule has 14 heteroatoms. The molecule has 4 rings (SSSR count). The Labute approximate surface area is 311 Å². The summed E-state index contributed by atoms with van der Waals surface area (Å²) in [5.41, 5.74) is 1.18. The van der Waals surface area contributed by atoms with Crippen LogP contribution in [0, 0.1) is 17.8 Å². The van der Waals surface area contributed by atoms with Crippen LogP contribution < -0.4 is 10.6 Å². The Bertz CT molecular complexity index is 1530. The number of benzene rings is 1. The summed E-state index contributed by atoms with van der Waals surface area (Å²) in [6.45, 7) is 9.33. The van der Waals surface area contributed by atoms with Gasteiger partial charge >= 0.3 is 11.9 Å². The van der Waals surface area contributed by atoms with E-state index in [2.05, 4.69) is 20.5 Å². The number of rotatable bonds is 17. The monoisotopic (exact) mass is 740 g/mol. The maximum Gasteiger partial charge on any atom is 0.308 e. The number of hydrogen-bond donors (Lipinski definition) is 2. The zero-order valence-electron chi connectivity index (χ0n) is 31.8. The minimum atomic E-state index is -0.813. The van der Waals surface area contributed by atoms with Crippen LogP contribution in [0.15, 0.2) is 35.7 Å². The number of hydrogen-bond acceptors (Lipinski definition) is 11. The number of amides is 3. The molecule has 2 heterocycles. The van der Waals surface area contributed by atoms with Gasteiger partial charge in [0.1, 0.15) is 22.8 Å². The zero-order chi connectivity index (χ0) is 38.1. The van der Waals surface area contributed by atoms with Crippen molar-refractivity contribution in [1.29, 1.82) is 0 Å². The fourth-order valence-electron chi connectivity index (χ4n) is 6.85. The van der Waals surface area contributed by atoms with Gasteiger partial charge in [-0.25, -0.2) is 4.98 Å². The summed E-state index contributed by atoms with van der Waals surface area (Å²) in [4.78, 5) is 76.2. The molecule has 13 nitrogen and oxygen atoms in total. The largest absolute Gasteiger partial charge is 0.469 e. The van der Waals surface area contributed by atoms with Gasteiger partial charge in [-0.3, -0.25) is 28.9 Å². The Hall–Kier alpha value is -3.88. The lowest BCUT2D eigenvalue weighted by atomic mass is 9.95. The van der Waals surface area contributed by atoms with E-state index < -0.39 is 29.9 Å². The van der Waals surface area contributed by atoms with E-state index in [-0.39, 0.29) is 59.9 Å². The van der Waals surface area contributed by atoms with Gasteiger partial charge in [0.05, 0.1) is 13.0 Å². The molecule has 2 aromatic rings. The molecule has 0 bridgehead atoms. The lowest BCUT2D eigenvalue weighted by Crippen LogP contribution is -2.60. The van der Waals surface area contributed by atoms with Crippen molar-refractivity contribution < 1.29 is 33.4 Å². The highest BCUT2D eigenvalue weighted by Gasteiger charge is 2.43. The normalized spacial score (nSPS) is 19.5. The molecule has 2 fully saturated rings. The summed E-state index contributed by atoms with van der Waals surface area (Å²) in [6.07, 6.45) is 2.05. The van der Waals surface area contributed by atoms with Gasteiger partial charge in [0.25, 0.3) is 5.91 Å². The smallest absolute Gasteiger partial charge is 0.308 e. The third-order valence-electron chi connectivity index (χ3n) is 10.1. The van der Waals surface area contributed by atoms with E-state index in [0.717, 1.165) is 31.5 Å². The number of piperazine rings is 1. The van der Waals surface area contributed by atoms with E-state index in [0.29, 0.717) is 24.4 Å². The molecule has 0 radical (unpaired) electrons. The predicted molar refractivity (Wildman–Crippen MR) is 198 cm³/mol. The van der Waals surface area contributed by atoms with Crippen LogP contribution in [0.5, 0.6) is 0 Å². The zero-order valence-corrected chi connectivity index (χ0v) is 32.6. The molecule has 52 heavy (non-hydrogen) atoms. The summed E-state index contributed by atoms with van der Waals surface area (Å²) in [5, 5.41) is 8.20. The minimum absolute atomic E-state index is 0.0287. The van der Waals surface area contributed by atoms with Crippen LogP contribution >= 0.6 is 11.3 Å². The van der Waals surface area contributed by atoms with Gasteiger partial charge in [-0.1, -0.05) is 51.1 Å². The summed E-state index contributed by atoms with van der Waals surface area (Å²) >= 11 is 1.21. The average Bonchev–Trinajstić information content (AvgIpc) is 3.83. The number of nitrogens with one attached hydrogen (secondary N) is 2. The van der Waals surface area contributed by atoms with Crippen LogP contribution in [-0.4, -0.2) is 121 Å². The van der Waals surface area contributed by atoms with Crippen LogP contribution in [-0.2, 0) is 35.1 Å². The third kappa shape index (κ3) is 11.3. The van der Waals surface area contributed by atoms with Crippen LogP contribution in [0.3, 0.4) is 0 Å². The third-order valence-corrected chi connectivity index (χ3v) is 11.1. The highest BCUT2D eigenvalue weighted by molar-refractivity contribution is 7.09. The molecule has 1 aromatic heterocycles. The van der Waals surface area contributed by atoms with Crippen LogP contribution in [0.4, 0.5) is 0 Å². The molecule has 1 aromatic carbocycles. The second kappa shape index (κ2) is 18.7. The minimum Gasteiger partial charge on any atom is -0.469 e. The topological polar surface area (TPSA) is 150 Å². The molecule has 286 valence electrons. The van der Waals surface area contributed by atoms with E-state index in [9.17, 15) is 24.0 Å². The van der Waals surface area contributed by atoms with Crippen LogP contribution in [0.25, 0.3) is 0 Å². The Morgan fingerprint density at radius 1 is 1.02 bits per heavy atom. The number of esters is 2. The standard InChI is InChI=1S/C38H56N6O7S/c1-23(2)30(44(7)37(48)33(27-14-15-27)41-35(47)31-21-42(5)16-17-43(31)6)20-32(51-25(4)45)36-40-29(22-52-36)34(46)39-28(18-24(3)38(49)50-8)19-26-12-10-9-11-13-26/h9-13,22-24,27-28,30-33H,14-21H2,1-8H3,(H,39,46)(H,41,47)/t24-,28+,30+,31+,32+,33-/m0/s1. The van der Waals surface area contributed by atoms with Gasteiger partial charge in [-0.05, 0) is 57.2 Å². The predicted octanol–water partition coefficient (Wildman–Crippen LogP) is 3.30. The molecule has 1 saturated carbocycles. The summed E-state index contributed by atoms with van der Waals surface area (Å²) < 4.78 is 10.7. The fraction of sp³-hybridized carbons (Fsp3) is 0.632. The van der Waals surface area contributed by atoms with Gasteiger partial charge in [-0.15, -0.1) is 11.3 Å². The number of likely N-dealkylation sites (N-methyl/N-ethyl adjacent to an activating group) is 3. The lowest BCUT2D eigenvalue weighted by molar-refractivity contribution is -0.149. The molecule has 1 aliphatic heterocycles. The van der Waals surface area contributed by atoms with Crippen molar-refractivity contribution in [3.8, 4) is 0 Å². The number of methoxy groups -OCH3 is 1. The second-order valence-corrected chi connectivity index (χ2v) is 15.7. The molecule has 3 amide bonds. The number of nitrogens with zero attached hydrogens (tertiary/aromatic N) is 4. The maximum absolute atomic E-state index is 14.1. The van der Waals surface area contributed by atoms with Gasteiger partial charge in [0.2, 0.25) is 11.8 Å². The van der Waals surface area contributed by atoms with Crippen LogP contribution in [0.1, 0.15) is 80.5 Å². The summed E-state index contributed by atoms with van der Waals surface area (Å²) in [7, 11) is 7.01. The molecule has 1 saturated heterocycles. The van der Waals surface area contributed by atoms with Crippen LogP contribution in [0.2, 0.25) is 0 Å². The van der Waals surface area contributed by atoms with Crippen molar-refractivity contribution in [2.75, 3.05) is 47.9 Å². The highest BCUT2D eigenvalue weighted by Crippen LogP contribution is 2.35. The van der Waals surface area contributed by atoms with Crippen molar-refractivity contribution in [1.82, 2.24) is 30.3 Å². The van der Waals surface area contributed by atoms with Gasteiger partial charge in [0.15, 0.2) is 6.10 Å². The first kappa shape index (κ1) is 40.9. The maximum atomic E-state index is 14.1. The Kier molecular flexibility index (Phi) is 14.7.